The first-order valence-corrected chi connectivity index (χ1v) is 11.0. The van der Waals surface area contributed by atoms with Crippen LogP contribution in [0.15, 0.2) is 18.2 Å². The van der Waals surface area contributed by atoms with E-state index in [0.717, 1.165) is 19.3 Å². The van der Waals surface area contributed by atoms with Crippen molar-refractivity contribution in [1.29, 1.82) is 5.26 Å². The van der Waals surface area contributed by atoms with Crippen molar-refractivity contribution in [3.05, 3.63) is 23.8 Å². The Morgan fingerprint density at radius 3 is 2.06 bits per heavy atom. The van der Waals surface area contributed by atoms with Crippen LogP contribution in [0.4, 0.5) is 0 Å². The van der Waals surface area contributed by atoms with E-state index in [0.29, 0.717) is 35.8 Å². The number of carbonyl (C=O) groups is 2. The minimum Gasteiger partial charge on any atom is -0.497 e. The number of benzene rings is 1. The second-order valence-corrected chi connectivity index (χ2v) is 9.27. The summed E-state index contributed by atoms with van der Waals surface area (Å²) in [5.74, 6) is 2.17. The van der Waals surface area contributed by atoms with Crippen LogP contribution in [-0.4, -0.2) is 49.7 Å². The first kappa shape index (κ1) is 21.5. The van der Waals surface area contributed by atoms with E-state index in [1.54, 1.807) is 18.2 Å². The zero-order valence-corrected chi connectivity index (χ0v) is 18.3. The molecule has 5 rings (SSSR count). The van der Waals surface area contributed by atoms with Gasteiger partial charge in [0.1, 0.15) is 11.5 Å². The zero-order chi connectivity index (χ0) is 22.0. The smallest absolute Gasteiger partial charge is 0.338 e. The van der Waals surface area contributed by atoms with Crippen molar-refractivity contribution in [3.63, 3.8) is 0 Å². The third-order valence-electron chi connectivity index (χ3n) is 7.24. The predicted octanol–water partition coefficient (Wildman–Crippen LogP) is 3.57. The molecule has 0 spiro atoms. The van der Waals surface area contributed by atoms with Crippen LogP contribution in [-0.2, 0) is 9.53 Å². The Hall–Kier alpha value is -2.75. The van der Waals surface area contributed by atoms with Gasteiger partial charge in [-0.05, 0) is 68.4 Å². The molecule has 0 N–H and O–H groups in total. The van der Waals surface area contributed by atoms with Crippen LogP contribution >= 0.6 is 0 Å². The highest BCUT2D eigenvalue weighted by atomic mass is 16.5. The average Bonchev–Trinajstić information content (AvgIpc) is 2.76. The lowest BCUT2D eigenvalue weighted by Gasteiger charge is -2.60. The van der Waals surface area contributed by atoms with Crippen LogP contribution in [0, 0.1) is 29.1 Å². The van der Waals surface area contributed by atoms with Gasteiger partial charge in [0.05, 0.1) is 32.3 Å². The number of amides is 1. The van der Waals surface area contributed by atoms with E-state index >= 15 is 0 Å². The Balaban J connectivity index is 1.46. The number of ether oxygens (including phenoxy) is 3. The van der Waals surface area contributed by atoms with Gasteiger partial charge in [-0.1, -0.05) is 0 Å². The van der Waals surface area contributed by atoms with Crippen molar-refractivity contribution >= 4 is 11.9 Å². The molecule has 0 aliphatic heterocycles. The van der Waals surface area contributed by atoms with E-state index < -0.39 is 5.97 Å². The monoisotopic (exact) mass is 426 g/mol. The molecule has 0 saturated heterocycles. The van der Waals surface area contributed by atoms with Crippen molar-refractivity contribution in [2.24, 2.45) is 17.8 Å². The summed E-state index contributed by atoms with van der Waals surface area (Å²) in [6.07, 6.45) is 7.13. The summed E-state index contributed by atoms with van der Waals surface area (Å²) in [6.45, 7) is 0.0670. The molecular weight excluding hydrogens is 396 g/mol. The van der Waals surface area contributed by atoms with Gasteiger partial charge in [-0.3, -0.25) is 4.79 Å². The standard InChI is InChI=1S/C24H30N2O5/c1-29-20-9-19(10-21(11-20)30-2)23(28)31-15-22(27)26(5-3-4-25)24-12-16-6-17(13-24)8-18(7-16)14-24/h9-11,16-18H,3,5-8,12-15H2,1-2H3. The molecule has 4 bridgehead atoms. The minimum atomic E-state index is -0.601. The molecule has 166 valence electrons. The van der Waals surface area contributed by atoms with Gasteiger partial charge in [0, 0.05) is 18.2 Å². The highest BCUT2D eigenvalue weighted by molar-refractivity contribution is 5.92. The molecule has 7 heteroatoms. The molecule has 0 unspecified atom stereocenters. The number of hydrogen-bond acceptors (Lipinski definition) is 6. The summed E-state index contributed by atoms with van der Waals surface area (Å²) in [6, 6.07) is 6.95. The van der Waals surface area contributed by atoms with Crippen LogP contribution in [0.3, 0.4) is 0 Å². The third kappa shape index (κ3) is 4.34. The maximum absolute atomic E-state index is 13.2. The topological polar surface area (TPSA) is 88.9 Å². The summed E-state index contributed by atoms with van der Waals surface area (Å²) in [5.41, 5.74) is 0.0937. The average molecular weight is 427 g/mol. The lowest BCUT2D eigenvalue weighted by atomic mass is 9.52. The van der Waals surface area contributed by atoms with Crippen molar-refractivity contribution in [3.8, 4) is 17.6 Å². The van der Waals surface area contributed by atoms with Gasteiger partial charge in [0.25, 0.3) is 5.91 Å². The Bertz CT molecular complexity index is 833. The quantitative estimate of drug-likeness (QED) is 0.591. The van der Waals surface area contributed by atoms with E-state index in [9.17, 15) is 9.59 Å². The molecule has 0 atom stereocenters. The Labute approximate surface area is 183 Å². The van der Waals surface area contributed by atoms with E-state index in [1.165, 1.54) is 33.5 Å². The van der Waals surface area contributed by atoms with E-state index in [4.69, 9.17) is 19.5 Å². The first-order chi connectivity index (χ1) is 15.0. The third-order valence-corrected chi connectivity index (χ3v) is 7.24. The summed E-state index contributed by atoms with van der Waals surface area (Å²) < 4.78 is 15.8. The fourth-order valence-corrected chi connectivity index (χ4v) is 6.40. The van der Waals surface area contributed by atoms with Crippen LogP contribution in [0.2, 0.25) is 0 Å². The fraction of sp³-hybridized carbons (Fsp3) is 0.625. The van der Waals surface area contributed by atoms with Gasteiger partial charge in [-0.2, -0.15) is 5.26 Å². The Kier molecular flexibility index (Phi) is 6.08. The molecule has 31 heavy (non-hydrogen) atoms. The largest absolute Gasteiger partial charge is 0.497 e. The number of nitriles is 1. The molecule has 4 saturated carbocycles. The maximum Gasteiger partial charge on any atom is 0.338 e. The minimum absolute atomic E-state index is 0.172. The predicted molar refractivity (Wildman–Crippen MR) is 113 cm³/mol. The van der Waals surface area contributed by atoms with Crippen LogP contribution in [0.5, 0.6) is 11.5 Å². The normalized spacial score (nSPS) is 28.0. The second-order valence-electron chi connectivity index (χ2n) is 9.27. The molecule has 0 radical (unpaired) electrons. The van der Waals surface area contributed by atoms with Crippen LogP contribution in [0.1, 0.15) is 55.3 Å². The Morgan fingerprint density at radius 1 is 1.03 bits per heavy atom. The molecule has 1 aromatic rings. The zero-order valence-electron chi connectivity index (χ0n) is 18.3. The van der Waals surface area contributed by atoms with E-state index in [-0.39, 0.29) is 30.0 Å². The number of hydrogen-bond donors (Lipinski definition) is 0. The molecule has 7 nitrogen and oxygen atoms in total. The van der Waals surface area contributed by atoms with Crippen LogP contribution < -0.4 is 9.47 Å². The van der Waals surface area contributed by atoms with Crippen LogP contribution in [0.25, 0.3) is 0 Å². The second kappa shape index (κ2) is 8.78. The van der Waals surface area contributed by atoms with Crippen molar-refractivity contribution in [1.82, 2.24) is 4.90 Å². The lowest BCUT2D eigenvalue weighted by molar-refractivity contribution is -0.153. The molecule has 1 amide bonds. The lowest BCUT2D eigenvalue weighted by Crippen LogP contribution is -2.62. The molecule has 0 aromatic heterocycles. The van der Waals surface area contributed by atoms with E-state index in [2.05, 4.69) is 6.07 Å². The van der Waals surface area contributed by atoms with Crippen molar-refractivity contribution < 1.29 is 23.8 Å². The van der Waals surface area contributed by atoms with Crippen molar-refractivity contribution in [2.45, 2.75) is 50.5 Å². The van der Waals surface area contributed by atoms with E-state index in [1.807, 2.05) is 4.90 Å². The van der Waals surface area contributed by atoms with Gasteiger partial charge in [0.2, 0.25) is 0 Å². The fourth-order valence-electron chi connectivity index (χ4n) is 6.40. The van der Waals surface area contributed by atoms with Gasteiger partial charge in [-0.15, -0.1) is 0 Å². The van der Waals surface area contributed by atoms with Gasteiger partial charge in [0.15, 0.2) is 6.61 Å². The molecule has 4 aliphatic carbocycles. The van der Waals surface area contributed by atoms with Gasteiger partial charge >= 0.3 is 5.97 Å². The highest BCUT2D eigenvalue weighted by Crippen LogP contribution is 2.57. The summed E-state index contributed by atoms with van der Waals surface area (Å²) in [4.78, 5) is 27.7. The van der Waals surface area contributed by atoms with Gasteiger partial charge < -0.3 is 19.1 Å². The Morgan fingerprint density at radius 2 is 1.58 bits per heavy atom. The summed E-state index contributed by atoms with van der Waals surface area (Å²) in [7, 11) is 3.01. The summed E-state index contributed by atoms with van der Waals surface area (Å²) in [5, 5.41) is 9.15. The van der Waals surface area contributed by atoms with Crippen molar-refractivity contribution in [2.75, 3.05) is 27.4 Å². The summed E-state index contributed by atoms with van der Waals surface area (Å²) >= 11 is 0. The molecule has 4 fully saturated rings. The first-order valence-electron chi connectivity index (χ1n) is 11.0. The SMILES string of the molecule is COc1cc(OC)cc(C(=O)OCC(=O)N(CCC#N)C23CC4CC(CC(C4)C2)C3)c1. The highest BCUT2D eigenvalue weighted by Gasteiger charge is 2.54. The maximum atomic E-state index is 13.2. The number of carbonyl (C=O) groups excluding carboxylic acids is 2. The number of rotatable bonds is 8. The number of esters is 1. The molecule has 4 aliphatic rings. The van der Waals surface area contributed by atoms with Gasteiger partial charge in [-0.25, -0.2) is 4.79 Å². The number of methoxy groups -OCH3 is 2. The number of nitrogens with zero attached hydrogens (tertiary/aromatic N) is 2. The molecule has 1 aromatic carbocycles. The molecule has 0 heterocycles. The molecular formula is C24H30N2O5.